The van der Waals surface area contributed by atoms with Crippen LogP contribution in [0.15, 0.2) is 18.2 Å². The molecule has 0 saturated carbocycles. The number of hydrogen-bond acceptors (Lipinski definition) is 5. The number of aliphatic hydroxyl groups excluding tert-OH is 1. The second-order valence-electron chi connectivity index (χ2n) is 6.15. The summed E-state index contributed by atoms with van der Waals surface area (Å²) in [7, 11) is 0. The van der Waals surface area contributed by atoms with Gasteiger partial charge in [-0.25, -0.2) is 4.79 Å². The predicted molar refractivity (Wildman–Crippen MR) is 85.9 cm³/mol. The van der Waals surface area contributed by atoms with Crippen LogP contribution in [-0.2, 0) is 0 Å². The van der Waals surface area contributed by atoms with Crippen molar-refractivity contribution in [2.24, 2.45) is 0 Å². The third-order valence-electron chi connectivity index (χ3n) is 4.12. The fraction of sp³-hybridized carbons (Fsp3) is 0.562. The van der Waals surface area contributed by atoms with Gasteiger partial charge in [-0.1, -0.05) is 0 Å². The maximum atomic E-state index is 12.5. The van der Waals surface area contributed by atoms with E-state index in [-0.39, 0.29) is 25.0 Å². The molecule has 2 atom stereocenters. The van der Waals surface area contributed by atoms with Crippen LogP contribution in [0.2, 0.25) is 0 Å². The largest absolute Gasteiger partial charge is 0.454 e. The molecule has 7 nitrogen and oxygen atoms in total. The SMILES string of the molecule is C[C@H](O)CN1CCN(C(=O)Nc2ccc3c(c2)OCO3)[C@H](C)C1. The molecule has 2 N–H and O–H groups in total. The molecule has 2 aliphatic heterocycles. The summed E-state index contributed by atoms with van der Waals surface area (Å²) >= 11 is 0. The summed E-state index contributed by atoms with van der Waals surface area (Å²) in [6, 6.07) is 5.35. The van der Waals surface area contributed by atoms with Crippen LogP contribution in [0.3, 0.4) is 0 Å². The minimum Gasteiger partial charge on any atom is -0.454 e. The van der Waals surface area contributed by atoms with Crippen molar-refractivity contribution in [1.82, 2.24) is 9.80 Å². The monoisotopic (exact) mass is 321 g/mol. The first-order chi connectivity index (χ1) is 11.0. The van der Waals surface area contributed by atoms with Crippen LogP contribution in [0.4, 0.5) is 10.5 Å². The Morgan fingerprint density at radius 3 is 2.91 bits per heavy atom. The van der Waals surface area contributed by atoms with Crippen LogP contribution in [0.5, 0.6) is 11.5 Å². The number of carbonyl (C=O) groups excluding carboxylic acids is 1. The first-order valence-electron chi connectivity index (χ1n) is 7.90. The molecule has 2 amide bonds. The topological polar surface area (TPSA) is 74.3 Å². The normalized spacial score (nSPS) is 22.0. The van der Waals surface area contributed by atoms with Crippen LogP contribution in [0.25, 0.3) is 0 Å². The van der Waals surface area contributed by atoms with E-state index in [0.717, 1.165) is 13.1 Å². The molecule has 3 rings (SSSR count). The van der Waals surface area contributed by atoms with Crippen molar-refractivity contribution in [2.75, 3.05) is 38.3 Å². The Balaban J connectivity index is 1.58. The van der Waals surface area contributed by atoms with E-state index in [1.54, 1.807) is 25.1 Å². The van der Waals surface area contributed by atoms with Gasteiger partial charge in [0.25, 0.3) is 0 Å². The highest BCUT2D eigenvalue weighted by molar-refractivity contribution is 5.90. The molecular formula is C16H23N3O4. The van der Waals surface area contributed by atoms with Gasteiger partial charge in [-0.3, -0.25) is 4.90 Å². The zero-order valence-electron chi connectivity index (χ0n) is 13.5. The van der Waals surface area contributed by atoms with Gasteiger partial charge in [-0.15, -0.1) is 0 Å². The lowest BCUT2D eigenvalue weighted by atomic mass is 10.2. The van der Waals surface area contributed by atoms with Crippen molar-refractivity contribution in [3.8, 4) is 11.5 Å². The predicted octanol–water partition coefficient (Wildman–Crippen LogP) is 1.33. The highest BCUT2D eigenvalue weighted by Gasteiger charge is 2.28. The maximum absolute atomic E-state index is 12.5. The number of ether oxygens (including phenoxy) is 2. The first-order valence-corrected chi connectivity index (χ1v) is 7.90. The molecule has 1 aromatic rings. The van der Waals surface area contributed by atoms with Gasteiger partial charge in [0.1, 0.15) is 0 Å². The number of piperazine rings is 1. The Morgan fingerprint density at radius 2 is 2.17 bits per heavy atom. The maximum Gasteiger partial charge on any atom is 0.322 e. The second kappa shape index (κ2) is 6.64. The number of carbonyl (C=O) groups is 1. The average molecular weight is 321 g/mol. The minimum absolute atomic E-state index is 0.0940. The molecule has 1 saturated heterocycles. The van der Waals surface area contributed by atoms with Crippen LogP contribution in [0, 0.1) is 0 Å². The molecule has 126 valence electrons. The molecule has 0 bridgehead atoms. The Labute approximate surface area is 135 Å². The average Bonchev–Trinajstić information content (AvgIpc) is 2.94. The molecule has 1 fully saturated rings. The number of anilines is 1. The van der Waals surface area contributed by atoms with E-state index in [0.29, 0.717) is 30.3 Å². The van der Waals surface area contributed by atoms with Gasteiger partial charge in [0, 0.05) is 44.0 Å². The molecule has 0 aromatic heterocycles. The van der Waals surface area contributed by atoms with Gasteiger partial charge >= 0.3 is 6.03 Å². The summed E-state index contributed by atoms with van der Waals surface area (Å²) < 4.78 is 10.6. The number of nitrogens with zero attached hydrogens (tertiary/aromatic N) is 2. The van der Waals surface area contributed by atoms with E-state index >= 15 is 0 Å². The van der Waals surface area contributed by atoms with Gasteiger partial charge in [-0.2, -0.15) is 0 Å². The number of benzene rings is 1. The summed E-state index contributed by atoms with van der Waals surface area (Å²) in [4.78, 5) is 16.5. The molecule has 1 aromatic carbocycles. The first kappa shape index (κ1) is 15.9. The number of rotatable bonds is 3. The molecule has 7 heteroatoms. The summed E-state index contributed by atoms with van der Waals surface area (Å²) in [5.41, 5.74) is 0.692. The lowest BCUT2D eigenvalue weighted by Crippen LogP contribution is -2.56. The van der Waals surface area contributed by atoms with Crippen molar-refractivity contribution >= 4 is 11.7 Å². The zero-order chi connectivity index (χ0) is 16.4. The van der Waals surface area contributed by atoms with E-state index in [4.69, 9.17) is 9.47 Å². The van der Waals surface area contributed by atoms with Gasteiger partial charge in [0.2, 0.25) is 6.79 Å². The molecule has 0 radical (unpaired) electrons. The third kappa shape index (κ3) is 3.68. The van der Waals surface area contributed by atoms with E-state index in [2.05, 4.69) is 10.2 Å². The van der Waals surface area contributed by atoms with Crippen LogP contribution >= 0.6 is 0 Å². The van der Waals surface area contributed by atoms with Gasteiger partial charge in [-0.05, 0) is 26.0 Å². The lowest BCUT2D eigenvalue weighted by Gasteiger charge is -2.40. The van der Waals surface area contributed by atoms with E-state index < -0.39 is 0 Å². The van der Waals surface area contributed by atoms with Gasteiger partial charge in [0.05, 0.1) is 6.10 Å². The number of hydrogen-bond donors (Lipinski definition) is 2. The number of urea groups is 1. The van der Waals surface area contributed by atoms with Crippen LogP contribution < -0.4 is 14.8 Å². The number of fused-ring (bicyclic) bond motifs is 1. The van der Waals surface area contributed by atoms with E-state index in [1.165, 1.54) is 0 Å². The van der Waals surface area contributed by atoms with E-state index in [1.807, 2.05) is 11.8 Å². The summed E-state index contributed by atoms with van der Waals surface area (Å²) in [5.74, 6) is 1.35. The number of aliphatic hydroxyl groups is 1. The fourth-order valence-electron chi connectivity index (χ4n) is 3.04. The standard InChI is InChI=1S/C16H23N3O4/c1-11-8-18(9-12(2)20)5-6-19(11)16(21)17-13-3-4-14-15(7-13)23-10-22-14/h3-4,7,11-12,20H,5-6,8-10H2,1-2H3,(H,17,21)/t11-,12+/m1/s1. The van der Waals surface area contributed by atoms with Gasteiger partial charge in [0.15, 0.2) is 11.5 Å². The number of β-amino-alcohol motifs (C(OH)–C–C–N with tert-alkyl or cyclic N) is 1. The summed E-state index contributed by atoms with van der Waals surface area (Å²) in [6.07, 6.45) is -0.351. The molecular weight excluding hydrogens is 298 g/mol. The number of amides is 2. The highest BCUT2D eigenvalue weighted by atomic mass is 16.7. The van der Waals surface area contributed by atoms with Crippen molar-refractivity contribution in [3.63, 3.8) is 0 Å². The number of nitrogens with one attached hydrogen (secondary N) is 1. The molecule has 23 heavy (non-hydrogen) atoms. The van der Waals surface area contributed by atoms with Crippen LogP contribution in [0.1, 0.15) is 13.8 Å². The van der Waals surface area contributed by atoms with Crippen molar-refractivity contribution in [2.45, 2.75) is 26.0 Å². The Bertz CT molecular complexity index is 578. The molecule has 2 aliphatic rings. The fourth-order valence-corrected chi connectivity index (χ4v) is 3.04. The zero-order valence-corrected chi connectivity index (χ0v) is 13.5. The highest BCUT2D eigenvalue weighted by Crippen LogP contribution is 2.34. The second-order valence-corrected chi connectivity index (χ2v) is 6.15. The van der Waals surface area contributed by atoms with Crippen molar-refractivity contribution in [1.29, 1.82) is 0 Å². The lowest BCUT2D eigenvalue weighted by molar-refractivity contribution is 0.0692. The molecule has 0 aliphatic carbocycles. The van der Waals surface area contributed by atoms with Crippen molar-refractivity contribution < 1.29 is 19.4 Å². The van der Waals surface area contributed by atoms with Crippen molar-refractivity contribution in [3.05, 3.63) is 18.2 Å². The minimum atomic E-state index is -0.351. The quantitative estimate of drug-likeness (QED) is 0.879. The van der Waals surface area contributed by atoms with Crippen LogP contribution in [-0.4, -0.2) is 66.1 Å². The summed E-state index contributed by atoms with van der Waals surface area (Å²) in [5, 5.41) is 12.4. The summed E-state index contributed by atoms with van der Waals surface area (Å²) in [6.45, 7) is 6.83. The van der Waals surface area contributed by atoms with E-state index in [9.17, 15) is 9.90 Å². The third-order valence-corrected chi connectivity index (χ3v) is 4.12. The Hall–Kier alpha value is -1.99. The molecule has 0 unspecified atom stereocenters. The molecule has 0 spiro atoms. The Morgan fingerprint density at radius 1 is 1.39 bits per heavy atom. The van der Waals surface area contributed by atoms with Gasteiger partial charge < -0.3 is 24.8 Å². The Kier molecular flexibility index (Phi) is 4.58. The molecule has 2 heterocycles. The smallest absolute Gasteiger partial charge is 0.322 e.